The van der Waals surface area contributed by atoms with Gasteiger partial charge in [0.2, 0.25) is 0 Å². The van der Waals surface area contributed by atoms with Crippen LogP contribution in [0, 0.1) is 17.5 Å². The Balaban J connectivity index is 1.91. The van der Waals surface area contributed by atoms with Gasteiger partial charge in [0.15, 0.2) is 23.1 Å². The summed E-state index contributed by atoms with van der Waals surface area (Å²) >= 11 is 6.38. The van der Waals surface area contributed by atoms with Crippen LogP contribution in [0.5, 0.6) is 11.5 Å². The number of nitrogens with zero attached hydrogens (tertiary/aromatic N) is 1. The number of amides is 1. The third-order valence-electron chi connectivity index (χ3n) is 5.57. The van der Waals surface area contributed by atoms with Crippen molar-refractivity contribution in [2.45, 2.75) is 12.5 Å². The zero-order valence-electron chi connectivity index (χ0n) is 17.3. The number of fused-ring (bicyclic) bond motifs is 1. The molecule has 3 aromatic rings. The molecule has 0 saturated heterocycles. The van der Waals surface area contributed by atoms with Gasteiger partial charge in [-0.25, -0.2) is 13.2 Å². The maximum absolute atomic E-state index is 15.0. The van der Waals surface area contributed by atoms with Crippen LogP contribution in [0.15, 0.2) is 48.5 Å². The molecule has 0 radical (unpaired) electrons. The van der Waals surface area contributed by atoms with Crippen molar-refractivity contribution in [3.05, 3.63) is 93.3 Å². The molecule has 1 amide bonds. The Hall–Kier alpha value is -3.19. The average Bonchev–Trinajstić information content (AvgIpc) is 2.79. The largest absolute Gasteiger partial charge is 0.493 e. The molecule has 0 aromatic heterocycles. The topological polar surface area (TPSA) is 38.8 Å². The van der Waals surface area contributed by atoms with Crippen molar-refractivity contribution >= 4 is 17.5 Å². The highest BCUT2D eigenvalue weighted by Crippen LogP contribution is 2.44. The van der Waals surface area contributed by atoms with Gasteiger partial charge in [0, 0.05) is 22.7 Å². The highest BCUT2D eigenvalue weighted by molar-refractivity contribution is 6.31. The van der Waals surface area contributed by atoms with E-state index in [1.807, 2.05) is 0 Å². The average molecular weight is 462 g/mol. The zero-order chi connectivity index (χ0) is 23.0. The first-order valence-electron chi connectivity index (χ1n) is 9.80. The summed E-state index contributed by atoms with van der Waals surface area (Å²) in [4.78, 5) is 14.8. The van der Waals surface area contributed by atoms with Crippen LogP contribution >= 0.6 is 11.6 Å². The third-order valence-corrected chi connectivity index (χ3v) is 5.90. The number of rotatable bonds is 4. The minimum Gasteiger partial charge on any atom is -0.493 e. The fourth-order valence-corrected chi connectivity index (χ4v) is 4.31. The lowest BCUT2D eigenvalue weighted by Gasteiger charge is -2.38. The number of hydrogen-bond acceptors (Lipinski definition) is 3. The standard InChI is InChI=1S/C24H19ClF3NO3/c1-31-20-11-13-8-9-29(24(30)14-6-7-17(26)19(28)10-14)23(15(13)12-21(20)32-2)22-16(25)4-3-5-18(22)27/h3-7,10-12,23H,8-9H2,1-2H3/t23-/m0/s1. The van der Waals surface area contributed by atoms with Crippen LogP contribution in [-0.4, -0.2) is 31.6 Å². The minimum absolute atomic E-state index is 0.0507. The molecular formula is C24H19ClF3NO3. The lowest BCUT2D eigenvalue weighted by atomic mass is 9.86. The summed E-state index contributed by atoms with van der Waals surface area (Å²) in [5.41, 5.74) is 1.50. The molecular weight excluding hydrogens is 443 g/mol. The predicted molar refractivity (Wildman–Crippen MR) is 114 cm³/mol. The predicted octanol–water partition coefficient (Wildman–Crippen LogP) is 5.56. The maximum atomic E-state index is 15.0. The van der Waals surface area contributed by atoms with Gasteiger partial charge in [-0.15, -0.1) is 0 Å². The van der Waals surface area contributed by atoms with E-state index in [0.717, 1.165) is 17.7 Å². The van der Waals surface area contributed by atoms with Crippen LogP contribution in [0.3, 0.4) is 0 Å². The second-order valence-electron chi connectivity index (χ2n) is 7.32. The summed E-state index contributed by atoms with van der Waals surface area (Å²) in [6, 6.07) is 9.76. The summed E-state index contributed by atoms with van der Waals surface area (Å²) in [5, 5.41) is 0.140. The number of methoxy groups -OCH3 is 2. The molecule has 0 unspecified atom stereocenters. The Morgan fingerprint density at radius 1 is 0.969 bits per heavy atom. The van der Waals surface area contributed by atoms with Crippen molar-refractivity contribution in [3.63, 3.8) is 0 Å². The van der Waals surface area contributed by atoms with Gasteiger partial charge >= 0.3 is 0 Å². The van der Waals surface area contributed by atoms with Gasteiger partial charge in [0.1, 0.15) is 5.82 Å². The molecule has 1 aliphatic heterocycles. The van der Waals surface area contributed by atoms with Gasteiger partial charge in [-0.1, -0.05) is 17.7 Å². The fraction of sp³-hybridized carbons (Fsp3) is 0.208. The number of halogens is 4. The van der Waals surface area contributed by atoms with Gasteiger partial charge in [0.25, 0.3) is 5.91 Å². The van der Waals surface area contributed by atoms with Crippen LogP contribution in [0.1, 0.15) is 33.1 Å². The number of benzene rings is 3. The van der Waals surface area contributed by atoms with E-state index >= 15 is 4.39 Å². The van der Waals surface area contributed by atoms with Crippen molar-refractivity contribution in [3.8, 4) is 11.5 Å². The molecule has 1 aliphatic rings. The monoisotopic (exact) mass is 461 g/mol. The summed E-state index contributed by atoms with van der Waals surface area (Å²) in [7, 11) is 2.99. The lowest BCUT2D eigenvalue weighted by Crippen LogP contribution is -2.41. The van der Waals surface area contributed by atoms with E-state index in [1.165, 1.54) is 43.4 Å². The third kappa shape index (κ3) is 3.77. The highest BCUT2D eigenvalue weighted by Gasteiger charge is 2.36. The van der Waals surface area contributed by atoms with Crippen molar-refractivity contribution in [1.29, 1.82) is 0 Å². The van der Waals surface area contributed by atoms with Gasteiger partial charge < -0.3 is 14.4 Å². The van der Waals surface area contributed by atoms with E-state index in [-0.39, 0.29) is 22.7 Å². The van der Waals surface area contributed by atoms with Crippen LogP contribution < -0.4 is 9.47 Å². The molecule has 166 valence electrons. The van der Waals surface area contributed by atoms with Crippen LogP contribution in [-0.2, 0) is 6.42 Å². The smallest absolute Gasteiger partial charge is 0.254 e. The molecule has 1 atom stereocenters. The van der Waals surface area contributed by atoms with E-state index in [1.54, 1.807) is 12.1 Å². The SMILES string of the molecule is COc1cc2c(cc1OC)[C@@H](c1c(F)cccc1Cl)N(C(=O)c1ccc(F)c(F)c1)CC2. The van der Waals surface area contributed by atoms with E-state index in [2.05, 4.69) is 0 Å². The number of ether oxygens (including phenoxy) is 2. The van der Waals surface area contributed by atoms with Gasteiger partial charge in [-0.2, -0.15) is 0 Å². The molecule has 4 nitrogen and oxygen atoms in total. The van der Waals surface area contributed by atoms with E-state index < -0.39 is 29.4 Å². The summed E-state index contributed by atoms with van der Waals surface area (Å²) in [6.07, 6.45) is 0.438. The van der Waals surface area contributed by atoms with Crippen LogP contribution in [0.25, 0.3) is 0 Å². The van der Waals surface area contributed by atoms with Crippen molar-refractivity contribution in [2.75, 3.05) is 20.8 Å². The Kier molecular flexibility index (Phi) is 6.02. The van der Waals surface area contributed by atoms with Crippen molar-refractivity contribution in [1.82, 2.24) is 4.90 Å². The minimum atomic E-state index is -1.14. The molecule has 3 aromatic carbocycles. The molecule has 0 aliphatic carbocycles. The molecule has 0 saturated carbocycles. The molecule has 8 heteroatoms. The van der Waals surface area contributed by atoms with E-state index in [0.29, 0.717) is 23.5 Å². The highest BCUT2D eigenvalue weighted by atomic mass is 35.5. The molecule has 0 N–H and O–H groups in total. The normalized spacial score (nSPS) is 15.3. The van der Waals surface area contributed by atoms with Crippen LogP contribution in [0.4, 0.5) is 13.2 Å². The first kappa shape index (κ1) is 22.0. The molecule has 4 rings (SSSR count). The lowest BCUT2D eigenvalue weighted by molar-refractivity contribution is 0.0691. The van der Waals surface area contributed by atoms with Crippen molar-refractivity contribution in [2.24, 2.45) is 0 Å². The van der Waals surface area contributed by atoms with Gasteiger partial charge in [-0.3, -0.25) is 4.79 Å². The number of hydrogen-bond donors (Lipinski definition) is 0. The Labute approximate surface area is 188 Å². The Bertz CT molecular complexity index is 1180. The summed E-state index contributed by atoms with van der Waals surface area (Å²) in [5.74, 6) is -2.45. The van der Waals surface area contributed by atoms with E-state index in [9.17, 15) is 13.6 Å². The Morgan fingerprint density at radius 3 is 2.34 bits per heavy atom. The second kappa shape index (κ2) is 8.74. The second-order valence-corrected chi connectivity index (χ2v) is 7.73. The summed E-state index contributed by atoms with van der Waals surface area (Å²) in [6.45, 7) is 0.204. The Morgan fingerprint density at radius 2 is 1.69 bits per heavy atom. The molecule has 0 fully saturated rings. The first-order valence-corrected chi connectivity index (χ1v) is 10.2. The zero-order valence-corrected chi connectivity index (χ0v) is 18.1. The number of carbonyl (C=O) groups excluding carboxylic acids is 1. The molecule has 0 bridgehead atoms. The van der Waals surface area contributed by atoms with Crippen molar-refractivity contribution < 1.29 is 27.4 Å². The summed E-state index contributed by atoms with van der Waals surface area (Å²) < 4.78 is 53.0. The van der Waals surface area contributed by atoms with E-state index in [4.69, 9.17) is 21.1 Å². The quantitative estimate of drug-likeness (QED) is 0.510. The fourth-order valence-electron chi connectivity index (χ4n) is 4.04. The molecule has 0 spiro atoms. The molecule has 1 heterocycles. The number of carbonyl (C=O) groups is 1. The van der Waals surface area contributed by atoms with Gasteiger partial charge in [-0.05, 0) is 60.0 Å². The van der Waals surface area contributed by atoms with Crippen LogP contribution in [0.2, 0.25) is 5.02 Å². The molecule has 32 heavy (non-hydrogen) atoms. The maximum Gasteiger partial charge on any atom is 0.254 e. The first-order chi connectivity index (χ1) is 15.3. The van der Waals surface area contributed by atoms with Gasteiger partial charge in [0.05, 0.1) is 20.3 Å².